The Morgan fingerprint density at radius 3 is 2.40 bits per heavy atom. The van der Waals surface area contributed by atoms with E-state index in [0.29, 0.717) is 30.1 Å². The van der Waals surface area contributed by atoms with Crippen LogP contribution in [0.2, 0.25) is 5.02 Å². The molecule has 132 valence electrons. The number of benzene rings is 2. The number of hydrogen-bond acceptors (Lipinski definition) is 3. The highest BCUT2D eigenvalue weighted by atomic mass is 35.5. The van der Waals surface area contributed by atoms with Gasteiger partial charge in [-0.2, -0.15) is 4.31 Å². The van der Waals surface area contributed by atoms with Crippen molar-refractivity contribution in [1.82, 2.24) is 4.31 Å². The molecule has 1 N–H and O–H groups in total. The Bertz CT molecular complexity index is 864. The lowest BCUT2D eigenvalue weighted by Gasteiger charge is -2.23. The summed E-state index contributed by atoms with van der Waals surface area (Å²) >= 11 is 5.84. The zero-order chi connectivity index (χ0) is 18.0. The molecule has 1 aliphatic heterocycles. The molecular formula is C18H19ClN2O3S. The van der Waals surface area contributed by atoms with E-state index in [2.05, 4.69) is 5.32 Å². The lowest BCUT2D eigenvalue weighted by Crippen LogP contribution is -2.43. The minimum absolute atomic E-state index is 0.212. The van der Waals surface area contributed by atoms with Crippen molar-refractivity contribution < 1.29 is 13.2 Å². The molecule has 5 nitrogen and oxygen atoms in total. The molecule has 0 aliphatic carbocycles. The Hall–Kier alpha value is -1.89. The number of halogens is 1. The van der Waals surface area contributed by atoms with Gasteiger partial charge in [-0.25, -0.2) is 8.42 Å². The van der Waals surface area contributed by atoms with Crippen LogP contribution in [-0.4, -0.2) is 31.2 Å². The van der Waals surface area contributed by atoms with Crippen molar-refractivity contribution in [3.05, 3.63) is 59.1 Å². The first kappa shape index (κ1) is 17.9. The summed E-state index contributed by atoms with van der Waals surface area (Å²) in [6.45, 7) is 2.24. The van der Waals surface area contributed by atoms with Gasteiger partial charge in [-0.3, -0.25) is 4.79 Å². The minimum atomic E-state index is -3.70. The van der Waals surface area contributed by atoms with Crippen LogP contribution in [0.15, 0.2) is 53.4 Å². The van der Waals surface area contributed by atoms with E-state index in [1.807, 2.05) is 6.92 Å². The van der Waals surface area contributed by atoms with Crippen molar-refractivity contribution in [3.8, 4) is 0 Å². The standard InChI is InChI=1S/C18H19ClN2O3S/c1-13-4-10-16(11-5-13)25(23,24)21-12-2-3-17(21)18(22)20-15-8-6-14(19)7-9-15/h4-11,17H,2-3,12H2,1H3,(H,20,22)/t17-/m0/s1. The highest BCUT2D eigenvalue weighted by Gasteiger charge is 2.39. The van der Waals surface area contributed by atoms with Crippen molar-refractivity contribution in [2.45, 2.75) is 30.7 Å². The fourth-order valence-electron chi connectivity index (χ4n) is 2.89. The van der Waals surface area contributed by atoms with E-state index in [1.54, 1.807) is 48.5 Å². The molecule has 0 saturated carbocycles. The predicted molar refractivity (Wildman–Crippen MR) is 98.2 cm³/mol. The van der Waals surface area contributed by atoms with Crippen LogP contribution in [0.4, 0.5) is 5.69 Å². The largest absolute Gasteiger partial charge is 0.325 e. The molecule has 1 fully saturated rings. The highest BCUT2D eigenvalue weighted by Crippen LogP contribution is 2.27. The number of rotatable bonds is 4. The van der Waals surface area contributed by atoms with Gasteiger partial charge in [-0.15, -0.1) is 0 Å². The summed E-state index contributed by atoms with van der Waals surface area (Å²) in [6.07, 6.45) is 1.16. The number of sulfonamides is 1. The van der Waals surface area contributed by atoms with Gasteiger partial charge in [0.2, 0.25) is 15.9 Å². The molecule has 2 aromatic carbocycles. The molecule has 0 spiro atoms. The summed E-state index contributed by atoms with van der Waals surface area (Å²) in [5.74, 6) is -0.324. The van der Waals surface area contributed by atoms with Crippen LogP contribution in [0.3, 0.4) is 0 Å². The van der Waals surface area contributed by atoms with Gasteiger partial charge in [0.1, 0.15) is 6.04 Å². The molecule has 1 aliphatic rings. The molecule has 25 heavy (non-hydrogen) atoms. The third-order valence-corrected chi connectivity index (χ3v) is 6.42. The molecule has 2 aromatic rings. The van der Waals surface area contributed by atoms with Gasteiger partial charge in [-0.1, -0.05) is 29.3 Å². The second-order valence-electron chi connectivity index (χ2n) is 6.08. The van der Waals surface area contributed by atoms with Gasteiger partial charge in [0.15, 0.2) is 0 Å². The Balaban J connectivity index is 1.80. The number of nitrogens with zero attached hydrogens (tertiary/aromatic N) is 1. The summed E-state index contributed by atoms with van der Waals surface area (Å²) in [5.41, 5.74) is 1.58. The van der Waals surface area contributed by atoms with E-state index < -0.39 is 16.1 Å². The van der Waals surface area contributed by atoms with E-state index >= 15 is 0 Å². The van der Waals surface area contributed by atoms with E-state index in [-0.39, 0.29) is 10.8 Å². The average Bonchev–Trinajstić information content (AvgIpc) is 3.08. The molecule has 7 heteroatoms. The summed E-state index contributed by atoms with van der Waals surface area (Å²) in [4.78, 5) is 12.8. The second-order valence-corrected chi connectivity index (χ2v) is 8.41. The van der Waals surface area contributed by atoms with Crippen LogP contribution < -0.4 is 5.32 Å². The van der Waals surface area contributed by atoms with Crippen LogP contribution in [0.25, 0.3) is 0 Å². The fraction of sp³-hybridized carbons (Fsp3) is 0.278. The molecule has 1 atom stereocenters. The Morgan fingerprint density at radius 2 is 1.76 bits per heavy atom. The first-order valence-corrected chi connectivity index (χ1v) is 9.85. The third-order valence-electron chi connectivity index (χ3n) is 4.25. The Labute approximate surface area is 152 Å². The molecular weight excluding hydrogens is 360 g/mol. The molecule has 1 amide bonds. The van der Waals surface area contributed by atoms with Crippen LogP contribution in [0.5, 0.6) is 0 Å². The van der Waals surface area contributed by atoms with Crippen LogP contribution in [0, 0.1) is 6.92 Å². The molecule has 1 saturated heterocycles. The zero-order valence-corrected chi connectivity index (χ0v) is 15.3. The number of carbonyl (C=O) groups is 1. The van der Waals surface area contributed by atoms with Gasteiger partial charge >= 0.3 is 0 Å². The van der Waals surface area contributed by atoms with E-state index in [1.165, 1.54) is 4.31 Å². The number of nitrogens with one attached hydrogen (secondary N) is 1. The second kappa shape index (κ2) is 7.15. The van der Waals surface area contributed by atoms with Crippen molar-refractivity contribution in [2.75, 3.05) is 11.9 Å². The summed E-state index contributed by atoms with van der Waals surface area (Å²) in [7, 11) is -3.70. The van der Waals surface area contributed by atoms with Crippen molar-refractivity contribution in [1.29, 1.82) is 0 Å². The molecule has 0 bridgehead atoms. The van der Waals surface area contributed by atoms with E-state index in [9.17, 15) is 13.2 Å². The molecule has 0 radical (unpaired) electrons. The van der Waals surface area contributed by atoms with Gasteiger partial charge < -0.3 is 5.32 Å². The minimum Gasteiger partial charge on any atom is -0.325 e. The molecule has 0 aromatic heterocycles. The van der Waals surface area contributed by atoms with Crippen LogP contribution in [0.1, 0.15) is 18.4 Å². The van der Waals surface area contributed by atoms with Crippen molar-refractivity contribution in [3.63, 3.8) is 0 Å². The van der Waals surface area contributed by atoms with Gasteiger partial charge in [-0.05, 0) is 56.2 Å². The third kappa shape index (κ3) is 3.86. The van der Waals surface area contributed by atoms with Crippen molar-refractivity contribution in [2.24, 2.45) is 0 Å². The maximum absolute atomic E-state index is 12.9. The summed E-state index contributed by atoms with van der Waals surface area (Å²) in [6, 6.07) is 12.7. The van der Waals surface area contributed by atoms with Gasteiger partial charge in [0, 0.05) is 17.3 Å². The molecule has 3 rings (SSSR count). The Kier molecular flexibility index (Phi) is 5.13. The van der Waals surface area contributed by atoms with Crippen molar-refractivity contribution >= 4 is 33.2 Å². The normalized spacial score (nSPS) is 18.2. The first-order chi connectivity index (χ1) is 11.9. The number of amides is 1. The summed E-state index contributed by atoms with van der Waals surface area (Å²) < 4.78 is 27.1. The average molecular weight is 379 g/mol. The van der Waals surface area contributed by atoms with E-state index in [4.69, 9.17) is 11.6 Å². The topological polar surface area (TPSA) is 66.5 Å². The predicted octanol–water partition coefficient (Wildman–Crippen LogP) is 3.44. The number of anilines is 1. The summed E-state index contributed by atoms with van der Waals surface area (Å²) in [5, 5.41) is 3.34. The maximum atomic E-state index is 12.9. The maximum Gasteiger partial charge on any atom is 0.243 e. The van der Waals surface area contributed by atoms with Gasteiger partial charge in [0.05, 0.1) is 4.90 Å². The first-order valence-electron chi connectivity index (χ1n) is 8.03. The molecule has 1 heterocycles. The monoisotopic (exact) mass is 378 g/mol. The number of carbonyl (C=O) groups excluding carboxylic acids is 1. The lowest BCUT2D eigenvalue weighted by molar-refractivity contribution is -0.119. The number of hydrogen-bond donors (Lipinski definition) is 1. The van der Waals surface area contributed by atoms with Gasteiger partial charge in [0.25, 0.3) is 0 Å². The Morgan fingerprint density at radius 1 is 1.12 bits per heavy atom. The lowest BCUT2D eigenvalue weighted by atomic mass is 10.2. The zero-order valence-electron chi connectivity index (χ0n) is 13.8. The van der Waals surface area contributed by atoms with E-state index in [0.717, 1.165) is 5.56 Å². The number of aryl methyl sites for hydroxylation is 1. The SMILES string of the molecule is Cc1ccc(S(=O)(=O)N2CCC[C@H]2C(=O)Nc2ccc(Cl)cc2)cc1. The smallest absolute Gasteiger partial charge is 0.243 e. The van der Waals surface area contributed by atoms with Crippen LogP contribution in [-0.2, 0) is 14.8 Å². The molecule has 0 unspecified atom stereocenters. The quantitative estimate of drug-likeness (QED) is 0.886. The fourth-order valence-corrected chi connectivity index (χ4v) is 4.68. The highest BCUT2D eigenvalue weighted by molar-refractivity contribution is 7.89. The van der Waals surface area contributed by atoms with Crippen LogP contribution >= 0.6 is 11.6 Å².